The summed E-state index contributed by atoms with van der Waals surface area (Å²) >= 11 is 0. The molecule has 1 amide bonds. The van der Waals surface area contributed by atoms with Gasteiger partial charge < -0.3 is 10.1 Å². The maximum atomic E-state index is 12.2. The summed E-state index contributed by atoms with van der Waals surface area (Å²) in [6.45, 7) is 3.68. The van der Waals surface area contributed by atoms with Crippen LogP contribution in [-0.4, -0.2) is 33.0 Å². The zero-order valence-electron chi connectivity index (χ0n) is 16.4. The fourth-order valence-corrected chi connectivity index (χ4v) is 4.48. The van der Waals surface area contributed by atoms with Crippen molar-refractivity contribution in [2.45, 2.75) is 82.2 Å². The number of benzene rings is 1. The molecule has 1 atom stereocenters. The van der Waals surface area contributed by atoms with Crippen molar-refractivity contribution >= 4 is 15.9 Å². The third-order valence-corrected chi connectivity index (χ3v) is 6.55. The van der Waals surface area contributed by atoms with E-state index in [1.54, 1.807) is 12.1 Å². The molecule has 6 nitrogen and oxygen atoms in total. The lowest BCUT2D eigenvalue weighted by atomic mass is 9.97. The molecule has 1 saturated carbocycles. The van der Waals surface area contributed by atoms with Crippen LogP contribution in [0.15, 0.2) is 29.2 Å². The summed E-state index contributed by atoms with van der Waals surface area (Å²) in [7, 11) is -3.53. The molecule has 27 heavy (non-hydrogen) atoms. The molecule has 0 unspecified atom stereocenters. The van der Waals surface area contributed by atoms with Crippen LogP contribution in [0.2, 0.25) is 0 Å². The molecule has 1 fully saturated rings. The second-order valence-electron chi connectivity index (χ2n) is 7.30. The Morgan fingerprint density at radius 3 is 2.30 bits per heavy atom. The average Bonchev–Trinajstić information content (AvgIpc) is 2.62. The Labute approximate surface area is 163 Å². The first-order valence-electron chi connectivity index (χ1n) is 9.95. The van der Waals surface area contributed by atoms with Crippen molar-refractivity contribution in [3.63, 3.8) is 0 Å². The molecule has 2 N–H and O–H groups in total. The van der Waals surface area contributed by atoms with E-state index in [-0.39, 0.29) is 29.5 Å². The Kier molecular flexibility index (Phi) is 8.57. The van der Waals surface area contributed by atoms with Crippen LogP contribution in [0.1, 0.15) is 65.2 Å². The van der Waals surface area contributed by atoms with Crippen molar-refractivity contribution in [3.8, 4) is 5.75 Å². The quantitative estimate of drug-likeness (QED) is 0.705. The summed E-state index contributed by atoms with van der Waals surface area (Å²) in [5, 5.41) is 3.05. The van der Waals surface area contributed by atoms with Crippen molar-refractivity contribution in [2.24, 2.45) is 0 Å². The lowest BCUT2D eigenvalue weighted by Gasteiger charge is -2.21. The van der Waals surface area contributed by atoms with E-state index in [0.717, 1.165) is 32.1 Å². The highest BCUT2D eigenvalue weighted by Gasteiger charge is 2.17. The third-order valence-electron chi connectivity index (χ3n) is 4.94. The first-order valence-corrected chi connectivity index (χ1v) is 11.4. The molecule has 1 aliphatic rings. The molecular formula is C20H32N2O4S. The number of hydrogen-bond acceptors (Lipinski definition) is 4. The maximum absolute atomic E-state index is 12.2. The fraction of sp³-hybridized carbons (Fsp3) is 0.650. The molecule has 1 aromatic carbocycles. The highest BCUT2D eigenvalue weighted by molar-refractivity contribution is 7.89. The van der Waals surface area contributed by atoms with Gasteiger partial charge in [-0.25, -0.2) is 13.1 Å². The third kappa shape index (κ3) is 7.50. The van der Waals surface area contributed by atoms with Gasteiger partial charge in [0.25, 0.3) is 5.91 Å². The molecule has 0 spiro atoms. The van der Waals surface area contributed by atoms with Gasteiger partial charge >= 0.3 is 0 Å². The maximum Gasteiger partial charge on any atom is 0.258 e. The number of rotatable bonds is 8. The minimum atomic E-state index is -3.53. The number of carbonyl (C=O) groups is 1. The van der Waals surface area contributed by atoms with Gasteiger partial charge in [-0.3, -0.25) is 4.79 Å². The number of nitrogens with one attached hydrogen (secondary N) is 2. The minimum absolute atomic E-state index is 0.0618. The van der Waals surface area contributed by atoms with E-state index >= 15 is 0 Å². The van der Waals surface area contributed by atoms with E-state index in [1.165, 1.54) is 31.4 Å². The van der Waals surface area contributed by atoms with Crippen LogP contribution in [0.25, 0.3) is 0 Å². The van der Waals surface area contributed by atoms with Crippen LogP contribution in [0, 0.1) is 0 Å². The number of amides is 1. The topological polar surface area (TPSA) is 84.5 Å². The van der Waals surface area contributed by atoms with Crippen molar-refractivity contribution in [3.05, 3.63) is 24.3 Å². The van der Waals surface area contributed by atoms with Gasteiger partial charge in [0, 0.05) is 12.1 Å². The molecule has 0 radical (unpaired) electrons. The number of carbonyl (C=O) groups excluding carboxylic acids is 1. The Morgan fingerprint density at radius 2 is 1.70 bits per heavy atom. The average molecular weight is 397 g/mol. The molecule has 1 aromatic rings. The first-order chi connectivity index (χ1) is 12.9. The SMILES string of the molecule is CC[C@@H](C)NS(=O)(=O)c1ccc(OCC(=O)NC2CCCCCCC2)cc1. The second-order valence-corrected chi connectivity index (χ2v) is 9.01. The summed E-state index contributed by atoms with van der Waals surface area (Å²) in [6.07, 6.45) is 8.87. The van der Waals surface area contributed by atoms with Gasteiger partial charge in [0.05, 0.1) is 4.90 Å². The van der Waals surface area contributed by atoms with E-state index in [1.807, 2.05) is 13.8 Å². The van der Waals surface area contributed by atoms with Gasteiger partial charge in [-0.2, -0.15) is 0 Å². The number of ether oxygens (including phenoxy) is 1. The Balaban J connectivity index is 1.82. The normalized spacial score (nSPS) is 17.6. The molecular weight excluding hydrogens is 364 g/mol. The first kappa shape index (κ1) is 21.7. The van der Waals surface area contributed by atoms with E-state index in [0.29, 0.717) is 5.75 Å². The lowest BCUT2D eigenvalue weighted by Crippen LogP contribution is -2.38. The van der Waals surface area contributed by atoms with Crippen LogP contribution in [-0.2, 0) is 14.8 Å². The van der Waals surface area contributed by atoms with Gasteiger partial charge in [0.15, 0.2) is 6.61 Å². The number of sulfonamides is 1. The van der Waals surface area contributed by atoms with Crippen LogP contribution >= 0.6 is 0 Å². The minimum Gasteiger partial charge on any atom is -0.484 e. The molecule has 152 valence electrons. The molecule has 0 heterocycles. The predicted octanol–water partition coefficient (Wildman–Crippen LogP) is 3.37. The monoisotopic (exact) mass is 396 g/mol. The van der Waals surface area contributed by atoms with Crippen molar-refractivity contribution in [1.82, 2.24) is 10.0 Å². The standard InChI is InChI=1S/C20H32N2O4S/c1-3-16(2)22-27(24,25)19-13-11-18(12-14-19)26-15-20(23)21-17-9-7-5-4-6-8-10-17/h11-14,16-17,22H,3-10,15H2,1-2H3,(H,21,23)/t16-/m1/s1. The van der Waals surface area contributed by atoms with Crippen molar-refractivity contribution in [1.29, 1.82) is 0 Å². The zero-order chi connectivity index (χ0) is 19.7. The highest BCUT2D eigenvalue weighted by atomic mass is 32.2. The fourth-order valence-electron chi connectivity index (χ4n) is 3.15. The van der Waals surface area contributed by atoms with Gasteiger partial charge in [0.2, 0.25) is 10.0 Å². The van der Waals surface area contributed by atoms with Gasteiger partial charge in [-0.1, -0.05) is 39.0 Å². The van der Waals surface area contributed by atoms with Crippen LogP contribution in [0.5, 0.6) is 5.75 Å². The summed E-state index contributed by atoms with van der Waals surface area (Å²) in [5.74, 6) is 0.348. The molecule has 0 aromatic heterocycles. The Bertz CT molecular complexity index is 680. The summed E-state index contributed by atoms with van der Waals surface area (Å²) in [6, 6.07) is 6.26. The second kappa shape index (κ2) is 10.7. The summed E-state index contributed by atoms with van der Waals surface area (Å²) in [4.78, 5) is 12.3. The van der Waals surface area contributed by atoms with Crippen LogP contribution < -0.4 is 14.8 Å². The summed E-state index contributed by atoms with van der Waals surface area (Å²) in [5.41, 5.74) is 0. The molecule has 7 heteroatoms. The van der Waals surface area contributed by atoms with Crippen LogP contribution in [0.4, 0.5) is 0 Å². The Hall–Kier alpha value is -1.60. The molecule has 2 rings (SSSR count). The lowest BCUT2D eigenvalue weighted by molar-refractivity contribution is -0.123. The molecule has 0 bridgehead atoms. The largest absolute Gasteiger partial charge is 0.484 e. The molecule has 0 saturated heterocycles. The molecule has 0 aliphatic heterocycles. The smallest absolute Gasteiger partial charge is 0.258 e. The zero-order valence-corrected chi connectivity index (χ0v) is 17.2. The van der Waals surface area contributed by atoms with Crippen molar-refractivity contribution in [2.75, 3.05) is 6.61 Å². The number of hydrogen-bond donors (Lipinski definition) is 2. The van der Waals surface area contributed by atoms with E-state index in [2.05, 4.69) is 10.0 Å². The summed E-state index contributed by atoms with van der Waals surface area (Å²) < 4.78 is 32.6. The predicted molar refractivity (Wildman–Crippen MR) is 106 cm³/mol. The van der Waals surface area contributed by atoms with E-state index in [9.17, 15) is 13.2 Å². The van der Waals surface area contributed by atoms with Gasteiger partial charge in [-0.15, -0.1) is 0 Å². The van der Waals surface area contributed by atoms with Crippen LogP contribution in [0.3, 0.4) is 0 Å². The van der Waals surface area contributed by atoms with Gasteiger partial charge in [-0.05, 0) is 50.5 Å². The molecule has 1 aliphatic carbocycles. The van der Waals surface area contributed by atoms with E-state index in [4.69, 9.17) is 4.74 Å². The highest BCUT2D eigenvalue weighted by Crippen LogP contribution is 2.18. The van der Waals surface area contributed by atoms with E-state index < -0.39 is 10.0 Å². The van der Waals surface area contributed by atoms with Gasteiger partial charge in [0.1, 0.15) is 5.75 Å². The Morgan fingerprint density at radius 1 is 1.11 bits per heavy atom. The van der Waals surface area contributed by atoms with Crippen molar-refractivity contribution < 1.29 is 17.9 Å².